The van der Waals surface area contributed by atoms with E-state index < -0.39 is 24.6 Å². The molecule has 15 heteroatoms. The zero-order valence-corrected chi connectivity index (χ0v) is 18.1. The van der Waals surface area contributed by atoms with E-state index in [2.05, 4.69) is 15.4 Å². The van der Waals surface area contributed by atoms with E-state index in [0.29, 0.717) is 35.2 Å². The molecule has 1 amide bonds. The summed E-state index contributed by atoms with van der Waals surface area (Å²) in [5.74, 6) is -2.59. The highest BCUT2D eigenvalue weighted by Crippen LogP contribution is 2.28. The summed E-state index contributed by atoms with van der Waals surface area (Å²) in [5.41, 5.74) is 1.85. The molecule has 0 atom stereocenters. The smallest absolute Gasteiger partial charge is 0.490 e. The molecule has 0 saturated carbocycles. The first-order valence-corrected chi connectivity index (χ1v) is 10.1. The number of pyridine rings is 1. The Bertz CT molecular complexity index is 1190. The molecule has 2 N–H and O–H groups in total. The summed E-state index contributed by atoms with van der Waals surface area (Å²) in [6.45, 7) is -1.35. The number of carbonyl (C=O) groups excluding carboxylic acids is 1. The number of nitrogens with zero attached hydrogens (tertiary/aromatic N) is 4. The summed E-state index contributed by atoms with van der Waals surface area (Å²) in [5, 5.41) is 13.3. The third-order valence-corrected chi connectivity index (χ3v) is 4.97. The van der Waals surface area contributed by atoms with Gasteiger partial charge in [-0.05, 0) is 12.8 Å². The van der Waals surface area contributed by atoms with Crippen LogP contribution in [-0.2, 0) is 9.53 Å². The van der Waals surface area contributed by atoms with Gasteiger partial charge in [0, 0.05) is 49.9 Å². The number of aromatic nitrogens is 4. The Hall–Kier alpha value is -3.75. The van der Waals surface area contributed by atoms with Gasteiger partial charge in [-0.25, -0.2) is 14.5 Å². The monoisotopic (exact) mass is 505 g/mol. The number of hydrogen-bond acceptors (Lipinski definition) is 6. The van der Waals surface area contributed by atoms with E-state index in [1.807, 2.05) is 6.20 Å². The lowest BCUT2D eigenvalue weighted by atomic mass is 9.97. The van der Waals surface area contributed by atoms with Crippen LogP contribution >= 0.6 is 0 Å². The second-order valence-corrected chi connectivity index (χ2v) is 7.29. The first-order valence-electron chi connectivity index (χ1n) is 10.1. The van der Waals surface area contributed by atoms with Crippen LogP contribution in [0.2, 0.25) is 0 Å². The average Bonchev–Trinajstić information content (AvgIpc) is 3.45. The number of carbonyl (C=O) groups is 2. The molecular weight excluding hydrogens is 485 g/mol. The van der Waals surface area contributed by atoms with Crippen LogP contribution in [0.3, 0.4) is 0 Å². The minimum absolute atomic E-state index is 0.0287. The van der Waals surface area contributed by atoms with E-state index in [-0.39, 0.29) is 11.4 Å². The van der Waals surface area contributed by atoms with Crippen molar-refractivity contribution in [2.75, 3.05) is 25.6 Å². The Morgan fingerprint density at radius 3 is 2.46 bits per heavy atom. The minimum atomic E-state index is -5.08. The largest absolute Gasteiger partial charge is 0.496 e. The van der Waals surface area contributed by atoms with Gasteiger partial charge in [0.15, 0.2) is 5.82 Å². The van der Waals surface area contributed by atoms with Crippen LogP contribution in [-0.4, -0.2) is 62.6 Å². The van der Waals surface area contributed by atoms with Gasteiger partial charge in [-0.15, -0.1) is 0 Å². The Balaban J connectivity index is 0.000000429. The summed E-state index contributed by atoms with van der Waals surface area (Å²) >= 11 is 0. The SMILES string of the molecule is COc1cc2nc(C3CCOCC3)cn2cc1C(=O)Nc1ccn(C(F)F)n1.O=C(O)C(F)(F)F. The van der Waals surface area contributed by atoms with Gasteiger partial charge in [0.2, 0.25) is 0 Å². The predicted octanol–water partition coefficient (Wildman–Crippen LogP) is 3.71. The van der Waals surface area contributed by atoms with Crippen molar-refractivity contribution in [3.8, 4) is 5.75 Å². The summed E-state index contributed by atoms with van der Waals surface area (Å²) in [6, 6.07) is 2.98. The number of methoxy groups -OCH3 is 1. The van der Waals surface area contributed by atoms with Crippen molar-refractivity contribution in [2.24, 2.45) is 0 Å². The fourth-order valence-electron chi connectivity index (χ4n) is 3.26. The molecule has 0 spiro atoms. The molecule has 10 nitrogen and oxygen atoms in total. The maximum atomic E-state index is 12.6. The van der Waals surface area contributed by atoms with Gasteiger partial charge in [-0.1, -0.05) is 0 Å². The molecule has 1 fully saturated rings. The molecule has 190 valence electrons. The molecule has 0 unspecified atom stereocenters. The zero-order valence-electron chi connectivity index (χ0n) is 18.1. The Kier molecular flexibility index (Phi) is 7.89. The molecule has 4 heterocycles. The lowest BCUT2D eigenvalue weighted by Gasteiger charge is -2.19. The second-order valence-electron chi connectivity index (χ2n) is 7.29. The molecule has 1 saturated heterocycles. The molecule has 0 bridgehead atoms. The third-order valence-electron chi connectivity index (χ3n) is 4.97. The van der Waals surface area contributed by atoms with Gasteiger partial charge >= 0.3 is 18.7 Å². The number of anilines is 1. The molecule has 0 radical (unpaired) electrons. The van der Waals surface area contributed by atoms with Gasteiger partial charge in [0.1, 0.15) is 11.4 Å². The molecule has 0 aromatic carbocycles. The highest BCUT2D eigenvalue weighted by atomic mass is 19.4. The summed E-state index contributed by atoms with van der Waals surface area (Å²) in [7, 11) is 1.45. The maximum Gasteiger partial charge on any atom is 0.490 e. The first-order chi connectivity index (χ1) is 16.5. The average molecular weight is 505 g/mol. The molecule has 3 aromatic rings. The number of carboxylic acid groups (broad SMARTS) is 1. The lowest BCUT2D eigenvalue weighted by molar-refractivity contribution is -0.192. The molecule has 3 aromatic heterocycles. The van der Waals surface area contributed by atoms with Crippen LogP contribution in [0.5, 0.6) is 5.75 Å². The van der Waals surface area contributed by atoms with Crippen molar-refractivity contribution in [3.05, 3.63) is 42.0 Å². The molecular formula is C20H20F5N5O5. The van der Waals surface area contributed by atoms with Crippen molar-refractivity contribution in [2.45, 2.75) is 31.5 Å². The van der Waals surface area contributed by atoms with Gasteiger partial charge in [-0.3, -0.25) is 4.79 Å². The van der Waals surface area contributed by atoms with Crippen LogP contribution in [0.1, 0.15) is 41.4 Å². The Morgan fingerprint density at radius 2 is 1.91 bits per heavy atom. The number of halogens is 5. The fraction of sp³-hybridized carbons (Fsp3) is 0.400. The zero-order chi connectivity index (χ0) is 25.8. The van der Waals surface area contributed by atoms with Crippen LogP contribution in [0, 0.1) is 0 Å². The molecule has 1 aliphatic rings. The van der Waals surface area contributed by atoms with Crippen LogP contribution in [0.4, 0.5) is 27.8 Å². The number of hydrogen-bond donors (Lipinski definition) is 2. The number of ether oxygens (including phenoxy) is 2. The van der Waals surface area contributed by atoms with Crippen molar-refractivity contribution < 1.29 is 46.1 Å². The maximum absolute atomic E-state index is 12.6. The summed E-state index contributed by atoms with van der Waals surface area (Å²) < 4.78 is 70.0. The van der Waals surface area contributed by atoms with E-state index in [9.17, 15) is 26.7 Å². The Labute approximate surface area is 194 Å². The third kappa shape index (κ3) is 6.44. The van der Waals surface area contributed by atoms with Gasteiger partial charge in [0.05, 0.1) is 18.4 Å². The van der Waals surface area contributed by atoms with Crippen LogP contribution < -0.4 is 10.1 Å². The van der Waals surface area contributed by atoms with Gasteiger partial charge < -0.3 is 24.3 Å². The number of aliphatic carboxylic acids is 1. The quantitative estimate of drug-likeness (QED) is 0.508. The predicted molar refractivity (Wildman–Crippen MR) is 110 cm³/mol. The number of alkyl halides is 5. The van der Waals surface area contributed by atoms with Gasteiger partial charge in [0.25, 0.3) is 5.91 Å². The summed E-state index contributed by atoms with van der Waals surface area (Å²) in [4.78, 5) is 26.2. The highest BCUT2D eigenvalue weighted by Gasteiger charge is 2.38. The minimum Gasteiger partial charge on any atom is -0.496 e. The van der Waals surface area contributed by atoms with Crippen LogP contribution in [0.15, 0.2) is 30.7 Å². The normalized spacial score (nSPS) is 14.5. The fourth-order valence-corrected chi connectivity index (χ4v) is 3.26. The van der Waals surface area contributed by atoms with Crippen LogP contribution in [0.25, 0.3) is 5.65 Å². The number of amides is 1. The molecule has 4 rings (SSSR count). The number of imidazole rings is 1. The van der Waals surface area contributed by atoms with E-state index >= 15 is 0 Å². The number of rotatable bonds is 5. The standard InChI is InChI=1S/C18H19F2N5O3.C2HF3O2/c1-27-14-8-16-21-13(11-3-6-28-7-4-11)10-24(16)9-12(14)17(26)22-15-2-5-25(23-15)18(19)20;3-2(4,5)1(6)7/h2,5,8-11,18H,3-4,6-7H2,1H3,(H,22,23,26);(H,6,7). The summed E-state index contributed by atoms with van der Waals surface area (Å²) in [6.07, 6.45) is 1.33. The number of carboxylic acids is 1. The van der Waals surface area contributed by atoms with E-state index in [1.54, 1.807) is 16.7 Å². The van der Waals surface area contributed by atoms with E-state index in [4.69, 9.17) is 19.4 Å². The van der Waals surface area contributed by atoms with Crippen molar-refractivity contribution in [3.63, 3.8) is 0 Å². The topological polar surface area (TPSA) is 120 Å². The molecule has 35 heavy (non-hydrogen) atoms. The van der Waals surface area contributed by atoms with Crippen molar-refractivity contribution in [1.29, 1.82) is 0 Å². The van der Waals surface area contributed by atoms with Crippen molar-refractivity contribution in [1.82, 2.24) is 19.2 Å². The second kappa shape index (κ2) is 10.7. The Morgan fingerprint density at radius 1 is 1.26 bits per heavy atom. The number of nitrogens with one attached hydrogen (secondary N) is 1. The lowest BCUT2D eigenvalue weighted by Crippen LogP contribution is -2.21. The van der Waals surface area contributed by atoms with E-state index in [1.165, 1.54) is 13.2 Å². The molecule has 1 aliphatic heterocycles. The van der Waals surface area contributed by atoms with Crippen molar-refractivity contribution >= 4 is 23.3 Å². The van der Waals surface area contributed by atoms with Gasteiger partial charge in [-0.2, -0.15) is 27.1 Å². The molecule has 0 aliphatic carbocycles. The first kappa shape index (κ1) is 25.9. The van der Waals surface area contributed by atoms with E-state index in [0.717, 1.165) is 24.7 Å². The number of fused-ring (bicyclic) bond motifs is 1. The highest BCUT2D eigenvalue weighted by molar-refractivity contribution is 6.05.